The van der Waals surface area contributed by atoms with Crippen molar-refractivity contribution in [2.45, 2.75) is 112 Å². The molecular weight excluding hydrogens is 356 g/mol. The molecule has 4 saturated carbocycles. The molecule has 0 spiro atoms. The Kier molecular flexibility index (Phi) is 5.65. The zero-order chi connectivity index (χ0) is 21.0. The molecule has 166 valence electrons. The van der Waals surface area contributed by atoms with Gasteiger partial charge in [0.05, 0.1) is 0 Å². The van der Waals surface area contributed by atoms with Gasteiger partial charge in [0.25, 0.3) is 0 Å². The summed E-state index contributed by atoms with van der Waals surface area (Å²) in [7, 11) is 0. The van der Waals surface area contributed by atoms with Crippen LogP contribution in [0.25, 0.3) is 0 Å². The lowest BCUT2D eigenvalue weighted by atomic mass is 9.44. The molecule has 0 heterocycles. The molecule has 4 aliphatic carbocycles. The van der Waals surface area contributed by atoms with Crippen LogP contribution in [0.4, 0.5) is 0 Å². The van der Waals surface area contributed by atoms with Crippen LogP contribution >= 0.6 is 0 Å². The Morgan fingerprint density at radius 3 is 2.41 bits per heavy atom. The average Bonchev–Trinajstić information content (AvgIpc) is 2.96. The lowest BCUT2D eigenvalue weighted by Crippen LogP contribution is -2.52. The van der Waals surface area contributed by atoms with Gasteiger partial charge in [0.1, 0.15) is 0 Å². The van der Waals surface area contributed by atoms with Crippen LogP contribution in [-0.4, -0.2) is 11.1 Å². The van der Waals surface area contributed by atoms with E-state index < -0.39 is 5.97 Å². The van der Waals surface area contributed by atoms with Gasteiger partial charge in [-0.05, 0) is 110 Å². The van der Waals surface area contributed by atoms with Crippen LogP contribution < -0.4 is 0 Å². The number of carboxylic acid groups (broad SMARTS) is 1. The van der Waals surface area contributed by atoms with Gasteiger partial charge in [0.2, 0.25) is 0 Å². The van der Waals surface area contributed by atoms with Crippen molar-refractivity contribution in [3.05, 3.63) is 0 Å². The molecule has 0 amide bonds. The molecule has 4 fully saturated rings. The molecule has 0 radical (unpaired) electrons. The molecule has 0 aliphatic heterocycles. The molecular formula is C27H46O2. The molecule has 0 saturated heterocycles. The standard InChI is InChI=1S/C27H46O2/c1-18(16-24(28)29)25(2,3)17-20-10-12-22-21-11-9-19-8-6-7-14-26(19,4)23(21)13-15-27(20,22)5/h18-23H,6-17H2,1-5H3,(H,28,29). The molecule has 8 atom stereocenters. The van der Waals surface area contributed by atoms with E-state index in [2.05, 4.69) is 34.6 Å². The van der Waals surface area contributed by atoms with Crippen molar-refractivity contribution in [3.63, 3.8) is 0 Å². The molecule has 1 N–H and O–H groups in total. The number of fused-ring (bicyclic) bond motifs is 5. The molecule has 4 rings (SSSR count). The third-order valence-corrected chi connectivity index (χ3v) is 11.4. The summed E-state index contributed by atoms with van der Waals surface area (Å²) < 4.78 is 0. The predicted molar refractivity (Wildman–Crippen MR) is 120 cm³/mol. The van der Waals surface area contributed by atoms with Gasteiger partial charge in [-0.15, -0.1) is 0 Å². The van der Waals surface area contributed by atoms with E-state index in [1.807, 2.05) is 0 Å². The molecule has 29 heavy (non-hydrogen) atoms. The molecule has 8 unspecified atom stereocenters. The SMILES string of the molecule is CC(CC(=O)O)C(C)(C)CC1CCC2C3CCC4CCCCC4(C)C3CCC12C. The summed E-state index contributed by atoms with van der Waals surface area (Å²) in [6.45, 7) is 12.1. The van der Waals surface area contributed by atoms with E-state index in [0.29, 0.717) is 17.3 Å². The Morgan fingerprint density at radius 2 is 1.69 bits per heavy atom. The number of carboxylic acids is 1. The molecule has 0 bridgehead atoms. The van der Waals surface area contributed by atoms with Gasteiger partial charge in [-0.2, -0.15) is 0 Å². The third-order valence-electron chi connectivity index (χ3n) is 11.4. The first-order valence-electron chi connectivity index (χ1n) is 12.8. The highest BCUT2D eigenvalue weighted by Gasteiger charge is 2.59. The number of rotatable bonds is 5. The van der Waals surface area contributed by atoms with Crippen molar-refractivity contribution in [1.82, 2.24) is 0 Å². The summed E-state index contributed by atoms with van der Waals surface area (Å²) in [5.41, 5.74) is 1.25. The Morgan fingerprint density at radius 1 is 0.966 bits per heavy atom. The quantitative estimate of drug-likeness (QED) is 0.515. The van der Waals surface area contributed by atoms with Crippen molar-refractivity contribution in [3.8, 4) is 0 Å². The zero-order valence-electron chi connectivity index (χ0n) is 19.8. The average molecular weight is 403 g/mol. The maximum absolute atomic E-state index is 11.3. The first kappa shape index (κ1) is 21.7. The molecule has 0 aromatic rings. The van der Waals surface area contributed by atoms with Crippen molar-refractivity contribution < 1.29 is 9.90 Å². The number of carbonyl (C=O) groups is 1. The van der Waals surface area contributed by atoms with Crippen LogP contribution in [0.15, 0.2) is 0 Å². The Labute approximate surface area is 179 Å². The molecule has 4 aliphatic rings. The Balaban J connectivity index is 1.50. The zero-order valence-corrected chi connectivity index (χ0v) is 19.8. The fraction of sp³-hybridized carbons (Fsp3) is 0.963. The second-order valence-electron chi connectivity index (χ2n) is 12.9. The minimum atomic E-state index is -0.640. The monoisotopic (exact) mass is 402 g/mol. The topological polar surface area (TPSA) is 37.3 Å². The smallest absolute Gasteiger partial charge is 0.303 e. The first-order valence-corrected chi connectivity index (χ1v) is 12.8. The van der Waals surface area contributed by atoms with Crippen molar-refractivity contribution in [1.29, 1.82) is 0 Å². The summed E-state index contributed by atoms with van der Waals surface area (Å²) in [5.74, 6) is 4.28. The number of hydrogen-bond donors (Lipinski definition) is 1. The van der Waals surface area contributed by atoms with Crippen LogP contribution in [0.3, 0.4) is 0 Å². The number of hydrogen-bond acceptors (Lipinski definition) is 1. The summed E-state index contributed by atoms with van der Waals surface area (Å²) in [6, 6.07) is 0. The van der Waals surface area contributed by atoms with Crippen LogP contribution in [0.1, 0.15) is 112 Å². The van der Waals surface area contributed by atoms with Gasteiger partial charge in [-0.25, -0.2) is 0 Å². The van der Waals surface area contributed by atoms with Gasteiger partial charge in [-0.1, -0.05) is 47.5 Å². The van der Waals surface area contributed by atoms with E-state index in [0.717, 1.165) is 29.6 Å². The Hall–Kier alpha value is -0.530. The van der Waals surface area contributed by atoms with E-state index in [1.54, 1.807) is 0 Å². The second-order valence-corrected chi connectivity index (χ2v) is 12.9. The highest BCUT2D eigenvalue weighted by atomic mass is 16.4. The molecule has 0 aromatic heterocycles. The highest BCUT2D eigenvalue weighted by molar-refractivity contribution is 5.67. The summed E-state index contributed by atoms with van der Waals surface area (Å²) in [6.07, 6.45) is 16.2. The first-order chi connectivity index (χ1) is 13.6. The largest absolute Gasteiger partial charge is 0.481 e. The van der Waals surface area contributed by atoms with E-state index >= 15 is 0 Å². The van der Waals surface area contributed by atoms with E-state index in [9.17, 15) is 9.90 Å². The van der Waals surface area contributed by atoms with Gasteiger partial charge >= 0.3 is 5.97 Å². The maximum Gasteiger partial charge on any atom is 0.303 e. The molecule has 2 heteroatoms. The van der Waals surface area contributed by atoms with Crippen LogP contribution in [-0.2, 0) is 4.79 Å². The lowest BCUT2D eigenvalue weighted by molar-refractivity contribution is -0.139. The summed E-state index contributed by atoms with van der Waals surface area (Å²) >= 11 is 0. The van der Waals surface area contributed by atoms with Gasteiger partial charge < -0.3 is 5.11 Å². The molecule has 0 aromatic carbocycles. The van der Waals surface area contributed by atoms with Crippen molar-refractivity contribution in [2.75, 3.05) is 0 Å². The maximum atomic E-state index is 11.3. The third kappa shape index (κ3) is 3.59. The van der Waals surface area contributed by atoms with E-state index in [1.165, 1.54) is 70.6 Å². The molecule has 2 nitrogen and oxygen atoms in total. The van der Waals surface area contributed by atoms with Crippen molar-refractivity contribution in [2.24, 2.45) is 51.8 Å². The van der Waals surface area contributed by atoms with Gasteiger partial charge in [0.15, 0.2) is 0 Å². The van der Waals surface area contributed by atoms with Crippen LogP contribution in [0.5, 0.6) is 0 Å². The second kappa shape index (κ2) is 7.56. The predicted octanol–water partition coefficient (Wildman–Crippen LogP) is 7.56. The van der Waals surface area contributed by atoms with Gasteiger partial charge in [0, 0.05) is 6.42 Å². The fourth-order valence-electron chi connectivity index (χ4n) is 9.11. The van der Waals surface area contributed by atoms with Crippen LogP contribution in [0.2, 0.25) is 0 Å². The normalized spacial score (nSPS) is 45.8. The van der Waals surface area contributed by atoms with E-state index in [-0.39, 0.29) is 11.3 Å². The Bertz CT molecular complexity index is 624. The van der Waals surface area contributed by atoms with Crippen LogP contribution in [0, 0.1) is 51.8 Å². The van der Waals surface area contributed by atoms with Crippen molar-refractivity contribution >= 4 is 5.97 Å². The lowest BCUT2D eigenvalue weighted by Gasteiger charge is -2.60. The minimum Gasteiger partial charge on any atom is -0.481 e. The summed E-state index contributed by atoms with van der Waals surface area (Å²) in [4.78, 5) is 11.3. The van der Waals surface area contributed by atoms with Gasteiger partial charge in [-0.3, -0.25) is 4.79 Å². The van der Waals surface area contributed by atoms with E-state index in [4.69, 9.17) is 0 Å². The summed E-state index contributed by atoms with van der Waals surface area (Å²) in [5, 5.41) is 9.29. The minimum absolute atomic E-state index is 0.116. The highest BCUT2D eigenvalue weighted by Crippen LogP contribution is 2.68. The fourth-order valence-corrected chi connectivity index (χ4v) is 9.11. The number of aliphatic carboxylic acids is 1.